The fraction of sp³-hybridized carbons (Fsp3) is 0.462. The fourth-order valence-corrected chi connectivity index (χ4v) is 1.27. The molecule has 104 valence electrons. The van der Waals surface area contributed by atoms with Crippen molar-refractivity contribution >= 4 is 30.9 Å². The summed E-state index contributed by atoms with van der Waals surface area (Å²) in [7, 11) is 1.64. The highest BCUT2D eigenvalue weighted by molar-refractivity contribution is 5.85. The van der Waals surface area contributed by atoms with E-state index >= 15 is 0 Å². The number of pyridine rings is 1. The predicted octanol–water partition coefficient (Wildman–Crippen LogP) is 3.32. The second kappa shape index (κ2) is 10.2. The van der Waals surface area contributed by atoms with E-state index in [4.69, 9.17) is 10.5 Å². The van der Waals surface area contributed by atoms with Gasteiger partial charge in [-0.15, -0.1) is 24.8 Å². The highest BCUT2D eigenvalue weighted by Gasteiger charge is 2.04. The van der Waals surface area contributed by atoms with Crippen LogP contribution in [0.5, 0.6) is 5.75 Å². The maximum atomic E-state index is 5.95. The van der Waals surface area contributed by atoms with Crippen LogP contribution in [0.2, 0.25) is 0 Å². The molecule has 0 saturated carbocycles. The van der Waals surface area contributed by atoms with Crippen LogP contribution < -0.4 is 10.5 Å². The lowest BCUT2D eigenvalue weighted by Crippen LogP contribution is -2.25. The molecule has 0 radical (unpaired) electrons. The number of rotatable bonds is 5. The van der Waals surface area contributed by atoms with E-state index < -0.39 is 0 Å². The molecule has 0 saturated heterocycles. The van der Waals surface area contributed by atoms with Crippen molar-refractivity contribution in [3.63, 3.8) is 0 Å². The Morgan fingerprint density at radius 1 is 1.33 bits per heavy atom. The van der Waals surface area contributed by atoms with E-state index in [1.54, 1.807) is 19.5 Å². The summed E-state index contributed by atoms with van der Waals surface area (Å²) in [6, 6.07) is 2.17. The van der Waals surface area contributed by atoms with Gasteiger partial charge in [0.15, 0.2) is 0 Å². The molecule has 0 bridgehead atoms. The third kappa shape index (κ3) is 6.84. The molecule has 0 spiro atoms. The number of ether oxygens (including phenoxy) is 1. The van der Waals surface area contributed by atoms with Crippen LogP contribution in [-0.4, -0.2) is 18.1 Å². The van der Waals surface area contributed by atoms with Crippen molar-refractivity contribution in [3.8, 4) is 5.75 Å². The first-order chi connectivity index (χ1) is 7.63. The minimum atomic E-state index is 0. The lowest BCUT2D eigenvalue weighted by atomic mass is 10.0. The molecule has 1 heterocycles. The highest BCUT2D eigenvalue weighted by atomic mass is 35.5. The minimum Gasteiger partial charge on any atom is -0.495 e. The van der Waals surface area contributed by atoms with Gasteiger partial charge < -0.3 is 10.5 Å². The zero-order chi connectivity index (χ0) is 12.0. The summed E-state index contributed by atoms with van der Waals surface area (Å²) in [5.41, 5.74) is 6.98. The van der Waals surface area contributed by atoms with E-state index in [1.807, 2.05) is 12.1 Å². The monoisotopic (exact) mass is 292 g/mol. The van der Waals surface area contributed by atoms with Gasteiger partial charge in [-0.05, 0) is 24.0 Å². The molecule has 3 nitrogen and oxygen atoms in total. The molecule has 18 heavy (non-hydrogen) atoms. The van der Waals surface area contributed by atoms with Gasteiger partial charge in [-0.3, -0.25) is 4.98 Å². The van der Waals surface area contributed by atoms with Crippen LogP contribution in [0.1, 0.15) is 25.8 Å². The van der Waals surface area contributed by atoms with Crippen LogP contribution in [0.4, 0.5) is 0 Å². The number of hydrogen-bond donors (Lipinski definition) is 1. The van der Waals surface area contributed by atoms with Gasteiger partial charge in [-0.2, -0.15) is 0 Å². The average Bonchev–Trinajstić information content (AvgIpc) is 2.29. The Kier molecular flexibility index (Phi) is 11.1. The Morgan fingerprint density at radius 3 is 2.56 bits per heavy atom. The lowest BCUT2D eigenvalue weighted by molar-refractivity contribution is 0.413. The van der Waals surface area contributed by atoms with Crippen molar-refractivity contribution < 1.29 is 4.74 Å². The summed E-state index contributed by atoms with van der Waals surface area (Å²) in [5, 5.41) is 0. The smallest absolute Gasteiger partial charge is 0.137 e. The standard InChI is InChI=1S/C13H20N2O.2ClH/c1-10(2)13(14)6-4-5-11-7-12(16-3)9-15-8-11;;/h4-5,7-10,13H,6,14H2,1-3H3;2*1H/b5-4+;;/t13-;;/m1../s1. The third-order valence-electron chi connectivity index (χ3n) is 2.54. The molecule has 1 aromatic rings. The van der Waals surface area contributed by atoms with E-state index in [1.165, 1.54) is 0 Å². The van der Waals surface area contributed by atoms with Crippen molar-refractivity contribution in [1.82, 2.24) is 4.98 Å². The van der Waals surface area contributed by atoms with Crippen molar-refractivity contribution in [2.24, 2.45) is 11.7 Å². The van der Waals surface area contributed by atoms with Gasteiger partial charge in [0.2, 0.25) is 0 Å². The van der Waals surface area contributed by atoms with Crippen LogP contribution in [0.15, 0.2) is 24.5 Å². The molecular formula is C13H22Cl2N2O. The van der Waals surface area contributed by atoms with Crippen LogP contribution >= 0.6 is 24.8 Å². The molecule has 5 heteroatoms. The molecule has 1 aromatic heterocycles. The molecule has 0 aliphatic carbocycles. The molecule has 2 N–H and O–H groups in total. The maximum absolute atomic E-state index is 5.95. The van der Waals surface area contributed by atoms with E-state index in [9.17, 15) is 0 Å². The summed E-state index contributed by atoms with van der Waals surface area (Å²) >= 11 is 0. The molecule has 1 atom stereocenters. The number of hydrogen-bond acceptors (Lipinski definition) is 3. The summed E-state index contributed by atoms with van der Waals surface area (Å²) < 4.78 is 5.10. The zero-order valence-corrected chi connectivity index (χ0v) is 12.6. The normalized spacial score (nSPS) is 11.8. The Hall–Kier alpha value is -0.770. The molecular weight excluding hydrogens is 271 g/mol. The number of methoxy groups -OCH3 is 1. The summed E-state index contributed by atoms with van der Waals surface area (Å²) in [5.74, 6) is 1.28. The molecule has 1 rings (SSSR count). The zero-order valence-electron chi connectivity index (χ0n) is 11.0. The largest absolute Gasteiger partial charge is 0.495 e. The van der Waals surface area contributed by atoms with Gasteiger partial charge in [-0.1, -0.05) is 26.0 Å². The summed E-state index contributed by atoms with van der Waals surface area (Å²) in [4.78, 5) is 4.08. The predicted molar refractivity (Wildman–Crippen MR) is 81.7 cm³/mol. The Morgan fingerprint density at radius 2 is 2.00 bits per heavy atom. The first kappa shape index (κ1) is 19.6. The first-order valence-electron chi connectivity index (χ1n) is 5.54. The molecule has 0 fully saturated rings. The molecule has 0 aliphatic heterocycles. The second-order valence-electron chi connectivity index (χ2n) is 4.20. The SMILES string of the molecule is COc1cncc(/C=C/C[C@@H](N)C(C)C)c1.Cl.Cl. The van der Waals surface area contributed by atoms with Gasteiger partial charge in [0, 0.05) is 12.2 Å². The van der Waals surface area contributed by atoms with Crippen molar-refractivity contribution in [2.75, 3.05) is 7.11 Å². The van der Waals surface area contributed by atoms with Crippen LogP contribution in [0, 0.1) is 5.92 Å². The van der Waals surface area contributed by atoms with Crippen molar-refractivity contribution in [3.05, 3.63) is 30.1 Å². The topological polar surface area (TPSA) is 48.1 Å². The van der Waals surface area contributed by atoms with Crippen molar-refractivity contribution in [1.29, 1.82) is 0 Å². The fourth-order valence-electron chi connectivity index (χ4n) is 1.27. The van der Waals surface area contributed by atoms with Crippen LogP contribution in [0.25, 0.3) is 6.08 Å². The summed E-state index contributed by atoms with van der Waals surface area (Å²) in [6.45, 7) is 4.26. The van der Waals surface area contributed by atoms with Gasteiger partial charge in [0.25, 0.3) is 0 Å². The van der Waals surface area contributed by atoms with Crippen LogP contribution in [-0.2, 0) is 0 Å². The van der Waals surface area contributed by atoms with E-state index in [-0.39, 0.29) is 30.9 Å². The Labute approximate surface area is 122 Å². The highest BCUT2D eigenvalue weighted by Crippen LogP contribution is 2.12. The minimum absolute atomic E-state index is 0. The van der Waals surface area contributed by atoms with Gasteiger partial charge in [-0.25, -0.2) is 0 Å². The Balaban J connectivity index is 0. The molecule has 0 aromatic carbocycles. The number of nitrogens with zero attached hydrogens (tertiary/aromatic N) is 1. The number of halogens is 2. The first-order valence-corrected chi connectivity index (χ1v) is 5.54. The summed E-state index contributed by atoms with van der Waals surface area (Å²) in [6.07, 6.45) is 8.49. The number of nitrogens with two attached hydrogens (primary N) is 1. The molecule has 0 aliphatic rings. The van der Waals surface area contributed by atoms with E-state index in [0.29, 0.717) is 5.92 Å². The third-order valence-corrected chi connectivity index (χ3v) is 2.54. The van der Waals surface area contributed by atoms with E-state index in [0.717, 1.165) is 17.7 Å². The second-order valence-corrected chi connectivity index (χ2v) is 4.20. The molecule has 0 unspecified atom stereocenters. The van der Waals surface area contributed by atoms with E-state index in [2.05, 4.69) is 24.9 Å². The van der Waals surface area contributed by atoms with Gasteiger partial charge in [0.1, 0.15) is 5.75 Å². The van der Waals surface area contributed by atoms with Crippen LogP contribution in [0.3, 0.4) is 0 Å². The average molecular weight is 293 g/mol. The van der Waals surface area contributed by atoms with Gasteiger partial charge >= 0.3 is 0 Å². The Bertz CT molecular complexity index is 357. The molecule has 0 amide bonds. The quantitative estimate of drug-likeness (QED) is 0.906. The maximum Gasteiger partial charge on any atom is 0.137 e. The van der Waals surface area contributed by atoms with Crippen molar-refractivity contribution in [2.45, 2.75) is 26.3 Å². The lowest BCUT2D eigenvalue weighted by Gasteiger charge is -2.12. The van der Waals surface area contributed by atoms with Gasteiger partial charge in [0.05, 0.1) is 13.3 Å². The number of aromatic nitrogens is 1.